The number of pyridine rings is 1. The molecule has 1 aromatic heterocycles. The molecule has 6 heteroatoms. The molecule has 1 heterocycles. The van der Waals surface area contributed by atoms with E-state index in [-0.39, 0.29) is 12.1 Å². The Balaban J connectivity index is 2.03. The number of ether oxygens (including phenoxy) is 2. The van der Waals surface area contributed by atoms with Crippen LogP contribution in [0.4, 0.5) is 10.5 Å². The first kappa shape index (κ1) is 16.6. The Labute approximate surface area is 135 Å². The zero-order valence-electron chi connectivity index (χ0n) is 13.7. The second-order valence-corrected chi connectivity index (χ2v) is 5.15. The standard InChI is InChI=1S/C17H21N3O3/c1-11-5-7-15(22-3)14(9-11)12(2)19-17(21)20-13-6-8-16(23-4)18-10-13/h5-10,12H,1-4H3,(H2,19,20,21). The molecule has 2 aromatic rings. The van der Waals surface area contributed by atoms with E-state index in [0.29, 0.717) is 11.6 Å². The van der Waals surface area contributed by atoms with Gasteiger partial charge in [0.2, 0.25) is 5.88 Å². The van der Waals surface area contributed by atoms with Crippen LogP contribution in [0.3, 0.4) is 0 Å². The third-order valence-electron chi connectivity index (χ3n) is 3.40. The quantitative estimate of drug-likeness (QED) is 0.888. The fraction of sp³-hybridized carbons (Fsp3) is 0.294. The van der Waals surface area contributed by atoms with Crippen molar-refractivity contribution in [3.05, 3.63) is 47.7 Å². The van der Waals surface area contributed by atoms with Gasteiger partial charge >= 0.3 is 6.03 Å². The first-order chi connectivity index (χ1) is 11.0. The predicted octanol–water partition coefficient (Wildman–Crippen LogP) is 3.29. The molecule has 122 valence electrons. The summed E-state index contributed by atoms with van der Waals surface area (Å²) in [4.78, 5) is 16.2. The summed E-state index contributed by atoms with van der Waals surface area (Å²) in [5.41, 5.74) is 2.62. The van der Waals surface area contributed by atoms with Crippen LogP contribution in [0.25, 0.3) is 0 Å². The number of benzene rings is 1. The lowest BCUT2D eigenvalue weighted by atomic mass is 10.0. The average molecular weight is 315 g/mol. The van der Waals surface area contributed by atoms with Crippen LogP contribution >= 0.6 is 0 Å². The number of carbonyl (C=O) groups excluding carboxylic acids is 1. The van der Waals surface area contributed by atoms with Crippen molar-refractivity contribution in [2.75, 3.05) is 19.5 Å². The van der Waals surface area contributed by atoms with E-state index in [2.05, 4.69) is 15.6 Å². The molecule has 0 radical (unpaired) electrons. The molecule has 1 aromatic carbocycles. The van der Waals surface area contributed by atoms with Crippen molar-refractivity contribution in [1.29, 1.82) is 0 Å². The lowest BCUT2D eigenvalue weighted by molar-refractivity contribution is 0.249. The summed E-state index contributed by atoms with van der Waals surface area (Å²) in [7, 11) is 3.16. The van der Waals surface area contributed by atoms with Crippen LogP contribution in [0.2, 0.25) is 0 Å². The van der Waals surface area contributed by atoms with Gasteiger partial charge in [-0.15, -0.1) is 0 Å². The molecule has 1 atom stereocenters. The third-order valence-corrected chi connectivity index (χ3v) is 3.40. The van der Waals surface area contributed by atoms with Gasteiger partial charge in [-0.25, -0.2) is 9.78 Å². The van der Waals surface area contributed by atoms with Crippen molar-refractivity contribution in [3.8, 4) is 11.6 Å². The zero-order chi connectivity index (χ0) is 16.8. The van der Waals surface area contributed by atoms with Crippen LogP contribution in [0.1, 0.15) is 24.1 Å². The first-order valence-corrected chi connectivity index (χ1v) is 7.25. The highest BCUT2D eigenvalue weighted by atomic mass is 16.5. The van der Waals surface area contributed by atoms with Crippen molar-refractivity contribution >= 4 is 11.7 Å². The molecule has 0 saturated heterocycles. The van der Waals surface area contributed by atoms with Crippen LogP contribution < -0.4 is 20.1 Å². The number of nitrogens with one attached hydrogen (secondary N) is 2. The molecule has 0 saturated carbocycles. The van der Waals surface area contributed by atoms with Crippen molar-refractivity contribution in [2.24, 2.45) is 0 Å². The molecule has 0 fully saturated rings. The minimum atomic E-state index is -0.312. The maximum Gasteiger partial charge on any atom is 0.319 e. The van der Waals surface area contributed by atoms with Crippen LogP contribution in [-0.4, -0.2) is 25.2 Å². The molecule has 23 heavy (non-hydrogen) atoms. The van der Waals surface area contributed by atoms with Crippen LogP contribution in [0.15, 0.2) is 36.5 Å². The van der Waals surface area contributed by atoms with E-state index in [4.69, 9.17) is 9.47 Å². The summed E-state index contributed by atoms with van der Waals surface area (Å²) in [5.74, 6) is 1.24. The Morgan fingerprint density at radius 3 is 2.57 bits per heavy atom. The van der Waals surface area contributed by atoms with E-state index < -0.39 is 0 Å². The van der Waals surface area contributed by atoms with Crippen LogP contribution in [0.5, 0.6) is 11.6 Å². The number of anilines is 1. The maximum absolute atomic E-state index is 12.1. The van der Waals surface area contributed by atoms with Gasteiger partial charge in [0.1, 0.15) is 5.75 Å². The molecule has 0 bridgehead atoms. The number of aromatic nitrogens is 1. The molecular weight excluding hydrogens is 294 g/mol. The van der Waals surface area contributed by atoms with Gasteiger partial charge in [0, 0.05) is 11.6 Å². The second-order valence-electron chi connectivity index (χ2n) is 5.15. The highest BCUT2D eigenvalue weighted by Crippen LogP contribution is 2.26. The molecule has 2 rings (SSSR count). The van der Waals surface area contributed by atoms with Gasteiger partial charge in [0.15, 0.2) is 0 Å². The number of amides is 2. The highest BCUT2D eigenvalue weighted by molar-refractivity contribution is 5.89. The molecule has 6 nitrogen and oxygen atoms in total. The Bertz CT molecular complexity index is 671. The fourth-order valence-electron chi connectivity index (χ4n) is 2.21. The Kier molecular flexibility index (Phi) is 5.41. The smallest absolute Gasteiger partial charge is 0.319 e. The number of hydrogen-bond acceptors (Lipinski definition) is 4. The summed E-state index contributed by atoms with van der Waals surface area (Å²) in [6.45, 7) is 3.90. The number of urea groups is 1. The topological polar surface area (TPSA) is 72.5 Å². The van der Waals surface area contributed by atoms with Gasteiger partial charge < -0.3 is 20.1 Å². The molecule has 0 spiro atoms. The van der Waals surface area contributed by atoms with Crippen LogP contribution in [-0.2, 0) is 0 Å². The number of carbonyl (C=O) groups is 1. The van der Waals surface area contributed by atoms with Gasteiger partial charge in [0.25, 0.3) is 0 Å². The second kappa shape index (κ2) is 7.49. The van der Waals surface area contributed by atoms with Gasteiger partial charge in [-0.05, 0) is 26.0 Å². The molecule has 2 N–H and O–H groups in total. The largest absolute Gasteiger partial charge is 0.496 e. The van der Waals surface area contributed by atoms with Gasteiger partial charge in [-0.3, -0.25) is 0 Å². The lowest BCUT2D eigenvalue weighted by Gasteiger charge is -2.18. The summed E-state index contributed by atoms with van der Waals surface area (Å²) < 4.78 is 10.3. The summed E-state index contributed by atoms with van der Waals surface area (Å²) in [6.07, 6.45) is 1.54. The van der Waals surface area contributed by atoms with E-state index >= 15 is 0 Å². The van der Waals surface area contributed by atoms with Gasteiger partial charge in [-0.1, -0.05) is 17.7 Å². The summed E-state index contributed by atoms with van der Waals surface area (Å²) in [5, 5.41) is 5.62. The van der Waals surface area contributed by atoms with Gasteiger partial charge in [-0.2, -0.15) is 0 Å². The van der Waals surface area contributed by atoms with Crippen molar-refractivity contribution in [2.45, 2.75) is 19.9 Å². The number of rotatable bonds is 5. The molecule has 0 aliphatic carbocycles. The third kappa shape index (κ3) is 4.35. The number of aryl methyl sites for hydroxylation is 1. The Morgan fingerprint density at radius 1 is 1.17 bits per heavy atom. The Hall–Kier alpha value is -2.76. The number of methoxy groups -OCH3 is 2. The SMILES string of the molecule is COc1ccc(NC(=O)NC(C)c2cc(C)ccc2OC)cn1. The Morgan fingerprint density at radius 2 is 1.96 bits per heavy atom. The highest BCUT2D eigenvalue weighted by Gasteiger charge is 2.14. The van der Waals surface area contributed by atoms with E-state index in [1.54, 1.807) is 26.4 Å². The number of hydrogen-bond donors (Lipinski definition) is 2. The van der Waals surface area contributed by atoms with E-state index in [0.717, 1.165) is 16.9 Å². The van der Waals surface area contributed by atoms with E-state index in [1.807, 2.05) is 32.0 Å². The van der Waals surface area contributed by atoms with Crippen LogP contribution in [0, 0.1) is 6.92 Å². The minimum Gasteiger partial charge on any atom is -0.496 e. The molecule has 0 aliphatic rings. The molecular formula is C17H21N3O3. The fourth-order valence-corrected chi connectivity index (χ4v) is 2.21. The normalized spacial score (nSPS) is 11.5. The molecule has 0 aliphatic heterocycles. The van der Waals surface area contributed by atoms with E-state index in [1.165, 1.54) is 6.20 Å². The van der Waals surface area contributed by atoms with E-state index in [9.17, 15) is 4.79 Å². The predicted molar refractivity (Wildman–Crippen MR) is 89.1 cm³/mol. The molecule has 2 amide bonds. The first-order valence-electron chi connectivity index (χ1n) is 7.25. The minimum absolute atomic E-state index is 0.198. The monoisotopic (exact) mass is 315 g/mol. The van der Waals surface area contributed by atoms with Crippen molar-refractivity contribution < 1.29 is 14.3 Å². The maximum atomic E-state index is 12.1. The lowest BCUT2D eigenvalue weighted by Crippen LogP contribution is -2.31. The number of nitrogens with zero attached hydrogens (tertiary/aromatic N) is 1. The average Bonchev–Trinajstić information content (AvgIpc) is 2.55. The van der Waals surface area contributed by atoms with Crippen molar-refractivity contribution in [3.63, 3.8) is 0 Å². The van der Waals surface area contributed by atoms with Gasteiger partial charge in [0.05, 0.1) is 32.1 Å². The summed E-state index contributed by atoms with van der Waals surface area (Å²) in [6, 6.07) is 8.76. The molecule has 1 unspecified atom stereocenters. The summed E-state index contributed by atoms with van der Waals surface area (Å²) >= 11 is 0. The zero-order valence-corrected chi connectivity index (χ0v) is 13.7. The van der Waals surface area contributed by atoms with Crippen molar-refractivity contribution in [1.82, 2.24) is 10.3 Å².